The third kappa shape index (κ3) is 6.53. The van der Waals surface area contributed by atoms with Crippen molar-refractivity contribution in [2.75, 3.05) is 0 Å². The molecular weight excluding hydrogens is 719 g/mol. The van der Waals surface area contributed by atoms with Gasteiger partial charge in [0.1, 0.15) is 11.2 Å². The average molecular weight is 754 g/mol. The van der Waals surface area contributed by atoms with E-state index in [-0.39, 0.29) is 0 Å². The number of furan rings is 1. The molecule has 0 fully saturated rings. The molecule has 11 aromatic rings. The Morgan fingerprint density at radius 3 is 1.41 bits per heavy atom. The van der Waals surface area contributed by atoms with Crippen LogP contribution in [0.25, 0.3) is 111 Å². The highest BCUT2D eigenvalue weighted by Crippen LogP contribution is 2.38. The summed E-state index contributed by atoms with van der Waals surface area (Å²) in [6.45, 7) is 0. The van der Waals surface area contributed by atoms with Crippen molar-refractivity contribution in [3.63, 3.8) is 0 Å². The minimum Gasteiger partial charge on any atom is -0.456 e. The van der Waals surface area contributed by atoms with Gasteiger partial charge < -0.3 is 4.42 Å². The number of aromatic nitrogens is 3. The van der Waals surface area contributed by atoms with Gasteiger partial charge in [-0.05, 0) is 85.6 Å². The fraction of sp³-hybridized carbons (Fsp3) is 0. The molecule has 2 heterocycles. The van der Waals surface area contributed by atoms with Crippen molar-refractivity contribution in [3.05, 3.63) is 212 Å². The number of benzene rings is 9. The molecule has 9 aromatic carbocycles. The molecule has 0 aliphatic heterocycles. The van der Waals surface area contributed by atoms with E-state index in [2.05, 4.69) is 194 Å². The molecule has 0 bridgehead atoms. The molecule has 0 spiro atoms. The molecule has 4 heteroatoms. The van der Waals surface area contributed by atoms with E-state index in [0.29, 0.717) is 17.5 Å². The smallest absolute Gasteiger partial charge is 0.164 e. The lowest BCUT2D eigenvalue weighted by atomic mass is 9.98. The van der Waals surface area contributed by atoms with Gasteiger partial charge >= 0.3 is 0 Å². The van der Waals surface area contributed by atoms with Gasteiger partial charge in [0, 0.05) is 27.5 Å². The minimum absolute atomic E-state index is 0.578. The third-order valence-electron chi connectivity index (χ3n) is 11.1. The standard InChI is InChI=1S/C55H35N3O/c1-3-11-36(12-4-1)44-17-9-18-45(33-44)38-21-26-41(27-22-38)53-56-54(42-28-23-39(24-29-42)46-30-25-37-13-7-8-16-43(37)34-46)58-55(57-53)47-31-32-49-51(35-47)59-50-20-10-19-48(52(49)50)40-14-5-2-6-15-40/h1-35H. The van der Waals surface area contributed by atoms with Crippen molar-refractivity contribution in [1.82, 2.24) is 15.0 Å². The maximum absolute atomic E-state index is 6.51. The van der Waals surface area contributed by atoms with Crippen molar-refractivity contribution >= 4 is 32.7 Å². The molecule has 0 atom stereocenters. The van der Waals surface area contributed by atoms with Crippen LogP contribution in [0.15, 0.2) is 217 Å². The van der Waals surface area contributed by atoms with Crippen molar-refractivity contribution in [1.29, 1.82) is 0 Å². The average Bonchev–Trinajstić information content (AvgIpc) is 3.70. The Morgan fingerprint density at radius 2 is 0.746 bits per heavy atom. The Balaban J connectivity index is 0.998. The molecule has 0 amide bonds. The van der Waals surface area contributed by atoms with Crippen LogP contribution in [-0.2, 0) is 0 Å². The zero-order valence-corrected chi connectivity index (χ0v) is 32.0. The van der Waals surface area contributed by atoms with E-state index in [4.69, 9.17) is 19.4 Å². The summed E-state index contributed by atoms with van der Waals surface area (Å²) in [4.78, 5) is 15.3. The quantitative estimate of drug-likeness (QED) is 0.163. The van der Waals surface area contributed by atoms with Crippen LogP contribution in [0.3, 0.4) is 0 Å². The molecule has 4 nitrogen and oxygen atoms in total. The molecule has 59 heavy (non-hydrogen) atoms. The Hall–Kier alpha value is -7.95. The van der Waals surface area contributed by atoms with Gasteiger partial charge in [0.2, 0.25) is 0 Å². The first kappa shape index (κ1) is 34.3. The Morgan fingerprint density at radius 1 is 0.271 bits per heavy atom. The molecule has 0 saturated carbocycles. The predicted molar refractivity (Wildman–Crippen MR) is 243 cm³/mol. The second kappa shape index (κ2) is 14.5. The lowest BCUT2D eigenvalue weighted by Gasteiger charge is -2.10. The largest absolute Gasteiger partial charge is 0.456 e. The molecule has 276 valence electrons. The molecule has 2 aromatic heterocycles. The molecule has 0 N–H and O–H groups in total. The van der Waals surface area contributed by atoms with Gasteiger partial charge in [0.25, 0.3) is 0 Å². The molecular formula is C55H35N3O. The van der Waals surface area contributed by atoms with E-state index in [1.165, 1.54) is 21.9 Å². The molecule has 0 aliphatic rings. The van der Waals surface area contributed by atoms with Gasteiger partial charge in [-0.3, -0.25) is 0 Å². The first-order valence-corrected chi connectivity index (χ1v) is 19.8. The lowest BCUT2D eigenvalue weighted by molar-refractivity contribution is 0.669. The summed E-state index contributed by atoms with van der Waals surface area (Å²) in [6, 6.07) is 74.1. The molecule has 0 aliphatic carbocycles. The SMILES string of the molecule is c1ccc(-c2cccc(-c3ccc(-c4nc(-c5ccc(-c6ccc7ccccc7c6)cc5)nc(-c5ccc6c(c5)oc5cccc(-c7ccccc7)c56)n4)cc3)c2)cc1. The molecule has 0 saturated heterocycles. The van der Waals surface area contributed by atoms with Crippen LogP contribution < -0.4 is 0 Å². The summed E-state index contributed by atoms with van der Waals surface area (Å²) < 4.78 is 6.51. The van der Waals surface area contributed by atoms with Crippen LogP contribution >= 0.6 is 0 Å². The van der Waals surface area contributed by atoms with E-state index in [0.717, 1.165) is 72.0 Å². The number of nitrogens with zero attached hydrogens (tertiary/aromatic N) is 3. The number of fused-ring (bicyclic) bond motifs is 4. The van der Waals surface area contributed by atoms with E-state index >= 15 is 0 Å². The highest BCUT2D eigenvalue weighted by atomic mass is 16.3. The van der Waals surface area contributed by atoms with Gasteiger partial charge in [0.15, 0.2) is 17.5 Å². The van der Waals surface area contributed by atoms with Crippen molar-refractivity contribution in [2.45, 2.75) is 0 Å². The van der Waals surface area contributed by atoms with Crippen molar-refractivity contribution in [3.8, 4) is 78.7 Å². The fourth-order valence-corrected chi connectivity index (χ4v) is 8.09. The second-order valence-corrected chi connectivity index (χ2v) is 14.8. The fourth-order valence-electron chi connectivity index (χ4n) is 8.09. The Labute approximate surface area is 341 Å². The third-order valence-corrected chi connectivity index (χ3v) is 11.1. The zero-order chi connectivity index (χ0) is 39.1. The van der Waals surface area contributed by atoms with Gasteiger partial charge in [-0.1, -0.05) is 182 Å². The minimum atomic E-state index is 0.578. The molecule has 11 rings (SSSR count). The van der Waals surface area contributed by atoms with Gasteiger partial charge in [0.05, 0.1) is 0 Å². The molecule has 0 radical (unpaired) electrons. The van der Waals surface area contributed by atoms with E-state index in [9.17, 15) is 0 Å². The summed E-state index contributed by atoms with van der Waals surface area (Å²) in [5.41, 5.74) is 13.5. The molecule has 0 unspecified atom stereocenters. The highest BCUT2D eigenvalue weighted by molar-refractivity contribution is 6.13. The maximum Gasteiger partial charge on any atom is 0.164 e. The summed E-state index contributed by atoms with van der Waals surface area (Å²) in [6.07, 6.45) is 0. The van der Waals surface area contributed by atoms with E-state index in [1.807, 2.05) is 18.2 Å². The van der Waals surface area contributed by atoms with Crippen molar-refractivity contribution in [2.24, 2.45) is 0 Å². The van der Waals surface area contributed by atoms with Crippen molar-refractivity contribution < 1.29 is 4.42 Å². The summed E-state index contributed by atoms with van der Waals surface area (Å²) >= 11 is 0. The van der Waals surface area contributed by atoms with Gasteiger partial charge in [-0.15, -0.1) is 0 Å². The van der Waals surface area contributed by atoms with Crippen LogP contribution in [0.5, 0.6) is 0 Å². The maximum atomic E-state index is 6.51. The number of rotatable bonds is 7. The number of hydrogen-bond donors (Lipinski definition) is 0. The summed E-state index contributed by atoms with van der Waals surface area (Å²) in [5, 5.41) is 4.59. The first-order chi connectivity index (χ1) is 29.2. The predicted octanol–water partition coefficient (Wildman–Crippen LogP) is 14.6. The summed E-state index contributed by atoms with van der Waals surface area (Å²) in [5.74, 6) is 1.78. The first-order valence-electron chi connectivity index (χ1n) is 19.8. The van der Waals surface area contributed by atoms with Crippen LogP contribution in [0.4, 0.5) is 0 Å². The van der Waals surface area contributed by atoms with Crippen LogP contribution in [-0.4, -0.2) is 15.0 Å². The Kier molecular flexibility index (Phi) is 8.45. The van der Waals surface area contributed by atoms with Crippen LogP contribution in [0, 0.1) is 0 Å². The summed E-state index contributed by atoms with van der Waals surface area (Å²) in [7, 11) is 0. The van der Waals surface area contributed by atoms with Crippen LogP contribution in [0.1, 0.15) is 0 Å². The monoisotopic (exact) mass is 753 g/mol. The van der Waals surface area contributed by atoms with E-state index in [1.54, 1.807) is 0 Å². The highest BCUT2D eigenvalue weighted by Gasteiger charge is 2.17. The second-order valence-electron chi connectivity index (χ2n) is 14.8. The topological polar surface area (TPSA) is 51.8 Å². The number of hydrogen-bond acceptors (Lipinski definition) is 4. The van der Waals surface area contributed by atoms with Crippen LogP contribution in [0.2, 0.25) is 0 Å². The zero-order valence-electron chi connectivity index (χ0n) is 32.0. The Bertz CT molecular complexity index is 3300. The lowest BCUT2D eigenvalue weighted by Crippen LogP contribution is -2.00. The normalized spacial score (nSPS) is 11.4. The van der Waals surface area contributed by atoms with Gasteiger partial charge in [-0.2, -0.15) is 0 Å². The van der Waals surface area contributed by atoms with E-state index < -0.39 is 0 Å². The van der Waals surface area contributed by atoms with Gasteiger partial charge in [-0.25, -0.2) is 15.0 Å².